The van der Waals surface area contributed by atoms with Crippen molar-refractivity contribution in [2.75, 3.05) is 6.61 Å². The molecule has 0 unspecified atom stereocenters. The van der Waals surface area contributed by atoms with Crippen molar-refractivity contribution in [1.82, 2.24) is 4.98 Å². The molecule has 0 aliphatic heterocycles. The number of carbonyl (C=O) groups excluding carboxylic acids is 1. The van der Waals surface area contributed by atoms with Crippen molar-refractivity contribution in [3.8, 4) is 22.8 Å². The van der Waals surface area contributed by atoms with Crippen LogP contribution in [0, 0.1) is 0 Å². The molecule has 2 aromatic heterocycles. The fraction of sp³-hybridized carbons (Fsp3) is 0.130. The van der Waals surface area contributed by atoms with E-state index in [2.05, 4.69) is 4.98 Å². The molecule has 2 heterocycles. The predicted molar refractivity (Wildman–Crippen MR) is 107 cm³/mol. The zero-order valence-corrected chi connectivity index (χ0v) is 15.4. The van der Waals surface area contributed by atoms with Crippen molar-refractivity contribution in [3.63, 3.8) is 0 Å². The molecular weight excluding hydrogens is 354 g/mol. The van der Waals surface area contributed by atoms with Gasteiger partial charge < -0.3 is 13.9 Å². The van der Waals surface area contributed by atoms with Gasteiger partial charge >= 0.3 is 0 Å². The molecule has 0 atom stereocenters. The summed E-state index contributed by atoms with van der Waals surface area (Å²) in [5, 5.41) is 1.51. The highest BCUT2D eigenvalue weighted by molar-refractivity contribution is 6.00. The molecule has 4 rings (SSSR count). The van der Waals surface area contributed by atoms with Crippen LogP contribution >= 0.6 is 0 Å². The average Bonchev–Trinajstić information content (AvgIpc) is 3.18. The van der Waals surface area contributed by atoms with Crippen LogP contribution in [0.2, 0.25) is 0 Å². The third kappa shape index (κ3) is 3.47. The molecule has 0 bridgehead atoms. The number of nitrogens with zero attached hydrogens (tertiary/aromatic N) is 1. The number of aldehydes is 1. The molecule has 2 aromatic carbocycles. The largest absolute Gasteiger partial charge is 0.494 e. The van der Waals surface area contributed by atoms with Gasteiger partial charge in [0.2, 0.25) is 0 Å². The van der Waals surface area contributed by atoms with Crippen molar-refractivity contribution in [1.29, 1.82) is 0 Å². The summed E-state index contributed by atoms with van der Waals surface area (Å²) in [6.45, 7) is 2.90. The van der Waals surface area contributed by atoms with Crippen molar-refractivity contribution in [3.05, 3.63) is 78.3 Å². The molecule has 0 N–H and O–H groups in total. The lowest BCUT2D eigenvalue weighted by molar-refractivity contribution is 0.111. The van der Waals surface area contributed by atoms with E-state index in [0.717, 1.165) is 27.6 Å². The van der Waals surface area contributed by atoms with Crippen molar-refractivity contribution in [2.45, 2.75) is 13.5 Å². The number of hydrogen-bond acceptors (Lipinski definition) is 5. The molecule has 4 aromatic rings. The van der Waals surface area contributed by atoms with Gasteiger partial charge in [-0.25, -0.2) is 4.98 Å². The van der Waals surface area contributed by atoms with Crippen LogP contribution in [-0.4, -0.2) is 17.9 Å². The molecule has 0 amide bonds. The third-order valence-corrected chi connectivity index (χ3v) is 4.40. The number of aromatic nitrogens is 1. The number of ether oxygens (including phenoxy) is 2. The van der Waals surface area contributed by atoms with Crippen molar-refractivity contribution in [2.24, 2.45) is 0 Å². The second-order valence-electron chi connectivity index (χ2n) is 6.21. The van der Waals surface area contributed by atoms with Gasteiger partial charge in [-0.1, -0.05) is 30.3 Å². The topological polar surface area (TPSA) is 61.6 Å². The molecule has 5 nitrogen and oxygen atoms in total. The Balaban J connectivity index is 1.70. The summed E-state index contributed by atoms with van der Waals surface area (Å²) < 4.78 is 17.3. The highest BCUT2D eigenvalue weighted by Gasteiger charge is 2.17. The number of carbonyl (C=O) groups is 1. The molecule has 140 valence electrons. The van der Waals surface area contributed by atoms with Crippen LogP contribution in [0.5, 0.6) is 11.5 Å². The first-order valence-corrected chi connectivity index (χ1v) is 9.05. The average molecular weight is 373 g/mol. The summed E-state index contributed by atoms with van der Waals surface area (Å²) in [4.78, 5) is 15.7. The van der Waals surface area contributed by atoms with E-state index in [0.29, 0.717) is 31.0 Å². The van der Waals surface area contributed by atoms with Gasteiger partial charge in [0, 0.05) is 11.8 Å². The number of furan rings is 1. The Morgan fingerprint density at radius 1 is 1.00 bits per heavy atom. The molecule has 0 saturated heterocycles. The van der Waals surface area contributed by atoms with Gasteiger partial charge in [0.1, 0.15) is 30.1 Å². The maximum Gasteiger partial charge on any atom is 0.172 e. The monoisotopic (exact) mass is 373 g/mol. The Morgan fingerprint density at radius 2 is 1.79 bits per heavy atom. The summed E-state index contributed by atoms with van der Waals surface area (Å²) in [5.41, 5.74) is 2.15. The number of pyridine rings is 1. The normalized spacial score (nSPS) is 10.8. The quantitative estimate of drug-likeness (QED) is 0.412. The highest BCUT2D eigenvalue weighted by atomic mass is 16.5. The standard InChI is InChI=1S/C23H19NO4/c1-2-26-18-10-8-17(9-11-18)22-19-12-24-21(13-25)23(20(19)15-28-22)27-14-16-6-4-3-5-7-16/h3-13,15H,2,14H2,1H3. The summed E-state index contributed by atoms with van der Waals surface area (Å²) in [6.07, 6.45) is 3.95. The van der Waals surface area contributed by atoms with E-state index in [1.807, 2.05) is 61.5 Å². The van der Waals surface area contributed by atoms with Crippen LogP contribution in [0.1, 0.15) is 23.0 Å². The lowest BCUT2D eigenvalue weighted by Crippen LogP contribution is -2.00. The van der Waals surface area contributed by atoms with E-state index < -0.39 is 0 Å². The Hall–Kier alpha value is -3.60. The van der Waals surface area contributed by atoms with E-state index in [-0.39, 0.29) is 5.69 Å². The second kappa shape index (κ2) is 7.96. The zero-order chi connectivity index (χ0) is 19.3. The van der Waals surface area contributed by atoms with E-state index in [4.69, 9.17) is 13.9 Å². The summed E-state index contributed by atoms with van der Waals surface area (Å²) >= 11 is 0. The summed E-state index contributed by atoms with van der Waals surface area (Å²) in [7, 11) is 0. The van der Waals surface area contributed by atoms with Crippen LogP contribution in [0.15, 0.2) is 71.5 Å². The van der Waals surface area contributed by atoms with Crippen molar-refractivity contribution >= 4 is 17.1 Å². The van der Waals surface area contributed by atoms with E-state index >= 15 is 0 Å². The Kier molecular flexibility index (Phi) is 5.06. The van der Waals surface area contributed by atoms with Gasteiger partial charge in [-0.3, -0.25) is 4.79 Å². The molecule has 0 radical (unpaired) electrons. The Labute approximate surface area is 162 Å². The van der Waals surface area contributed by atoms with Crippen LogP contribution < -0.4 is 9.47 Å². The highest BCUT2D eigenvalue weighted by Crippen LogP contribution is 2.37. The van der Waals surface area contributed by atoms with E-state index in [1.165, 1.54) is 0 Å². The van der Waals surface area contributed by atoms with Crippen molar-refractivity contribution < 1.29 is 18.7 Å². The van der Waals surface area contributed by atoms with Gasteiger partial charge in [0.25, 0.3) is 0 Å². The molecule has 28 heavy (non-hydrogen) atoms. The first-order valence-electron chi connectivity index (χ1n) is 9.05. The molecule has 0 fully saturated rings. The Bertz CT molecular complexity index is 1090. The predicted octanol–water partition coefficient (Wildman–Crippen LogP) is 5.29. The lowest BCUT2D eigenvalue weighted by atomic mass is 10.1. The van der Waals surface area contributed by atoms with Crippen LogP contribution in [0.3, 0.4) is 0 Å². The first-order chi connectivity index (χ1) is 13.8. The third-order valence-electron chi connectivity index (χ3n) is 4.40. The zero-order valence-electron chi connectivity index (χ0n) is 15.4. The Morgan fingerprint density at radius 3 is 2.50 bits per heavy atom. The fourth-order valence-electron chi connectivity index (χ4n) is 3.06. The second-order valence-corrected chi connectivity index (χ2v) is 6.21. The molecular formula is C23H19NO4. The molecule has 0 aliphatic carbocycles. The molecule has 0 saturated carbocycles. The maximum atomic E-state index is 11.5. The van der Waals surface area contributed by atoms with Gasteiger partial charge in [-0.15, -0.1) is 0 Å². The number of fused-ring (bicyclic) bond motifs is 1. The summed E-state index contributed by atoms with van der Waals surface area (Å²) in [5.74, 6) is 1.90. The van der Waals surface area contributed by atoms with Gasteiger partial charge in [0.15, 0.2) is 12.0 Å². The number of benzene rings is 2. The fourth-order valence-corrected chi connectivity index (χ4v) is 3.06. The van der Waals surface area contributed by atoms with Crippen LogP contribution in [-0.2, 0) is 6.61 Å². The van der Waals surface area contributed by atoms with Crippen LogP contribution in [0.4, 0.5) is 0 Å². The summed E-state index contributed by atoms with van der Waals surface area (Å²) in [6, 6.07) is 17.4. The number of hydrogen-bond donors (Lipinski definition) is 0. The van der Waals surface area contributed by atoms with E-state index in [9.17, 15) is 4.79 Å². The minimum absolute atomic E-state index is 0.252. The van der Waals surface area contributed by atoms with Gasteiger partial charge in [-0.05, 0) is 36.8 Å². The smallest absolute Gasteiger partial charge is 0.172 e. The maximum absolute atomic E-state index is 11.5. The van der Waals surface area contributed by atoms with Crippen LogP contribution in [0.25, 0.3) is 22.1 Å². The minimum Gasteiger partial charge on any atom is -0.494 e. The number of rotatable bonds is 7. The molecule has 0 spiro atoms. The van der Waals surface area contributed by atoms with E-state index in [1.54, 1.807) is 12.5 Å². The van der Waals surface area contributed by atoms with Gasteiger partial charge in [0.05, 0.1) is 17.4 Å². The van der Waals surface area contributed by atoms with Gasteiger partial charge in [-0.2, -0.15) is 0 Å². The molecule has 5 heteroatoms. The minimum atomic E-state index is 0.252. The SMILES string of the molecule is CCOc1ccc(-c2occ3c(OCc4ccccc4)c(C=O)ncc23)cc1. The lowest BCUT2D eigenvalue weighted by Gasteiger charge is -2.09. The molecule has 0 aliphatic rings. The first kappa shape index (κ1) is 17.8.